The second-order valence-electron chi connectivity index (χ2n) is 5.25. The molecule has 3 heteroatoms. The summed E-state index contributed by atoms with van der Waals surface area (Å²) in [4.78, 5) is 11.7. The van der Waals surface area contributed by atoms with Gasteiger partial charge in [0.1, 0.15) is 0 Å². The Morgan fingerprint density at radius 1 is 1.33 bits per heavy atom. The summed E-state index contributed by atoms with van der Waals surface area (Å²) in [6, 6.07) is 0.397. The zero-order valence-electron chi connectivity index (χ0n) is 9.41. The van der Waals surface area contributed by atoms with Gasteiger partial charge in [-0.15, -0.1) is 0 Å². The van der Waals surface area contributed by atoms with Gasteiger partial charge in [0, 0.05) is 18.6 Å². The maximum Gasteiger partial charge on any atom is 0.223 e. The molecule has 2 fully saturated rings. The van der Waals surface area contributed by atoms with Gasteiger partial charge in [0.2, 0.25) is 5.91 Å². The zero-order valence-corrected chi connectivity index (χ0v) is 9.41. The van der Waals surface area contributed by atoms with Crippen LogP contribution in [0.1, 0.15) is 39.0 Å². The van der Waals surface area contributed by atoms with Crippen LogP contribution in [-0.4, -0.2) is 23.7 Å². The minimum absolute atomic E-state index is 0.106. The van der Waals surface area contributed by atoms with Crippen LogP contribution in [0.15, 0.2) is 0 Å². The van der Waals surface area contributed by atoms with E-state index in [0.717, 1.165) is 25.2 Å². The van der Waals surface area contributed by atoms with Crippen LogP contribution in [-0.2, 0) is 4.79 Å². The van der Waals surface area contributed by atoms with E-state index in [-0.39, 0.29) is 24.3 Å². The molecule has 0 radical (unpaired) electrons. The van der Waals surface area contributed by atoms with Crippen LogP contribution in [0.5, 0.6) is 0 Å². The van der Waals surface area contributed by atoms with E-state index in [0.29, 0.717) is 6.04 Å². The van der Waals surface area contributed by atoms with Crippen LogP contribution in [0.2, 0.25) is 0 Å². The first-order chi connectivity index (χ1) is 7.20. The predicted molar refractivity (Wildman–Crippen MR) is 58.2 cm³/mol. The van der Waals surface area contributed by atoms with Gasteiger partial charge in [0.25, 0.3) is 0 Å². The van der Waals surface area contributed by atoms with E-state index < -0.39 is 0 Å². The van der Waals surface area contributed by atoms with E-state index in [2.05, 4.69) is 12.2 Å². The summed E-state index contributed by atoms with van der Waals surface area (Å²) >= 11 is 0. The highest BCUT2D eigenvalue weighted by Gasteiger charge is 2.42. The number of carbonyl (C=O) groups excluding carboxylic acids is 1. The predicted octanol–water partition coefficient (Wildman–Crippen LogP) is 1.31. The van der Waals surface area contributed by atoms with E-state index in [1.54, 1.807) is 0 Å². The van der Waals surface area contributed by atoms with Crippen LogP contribution < -0.4 is 5.32 Å². The fourth-order valence-corrected chi connectivity index (χ4v) is 2.48. The Morgan fingerprint density at radius 3 is 2.53 bits per heavy atom. The molecule has 0 bridgehead atoms. The number of aliphatic hydroxyl groups is 1. The molecule has 0 aromatic heterocycles. The minimum atomic E-state index is 0.106. The largest absolute Gasteiger partial charge is 0.396 e. The summed E-state index contributed by atoms with van der Waals surface area (Å²) in [5, 5.41) is 12.0. The lowest BCUT2D eigenvalue weighted by Crippen LogP contribution is -2.38. The maximum absolute atomic E-state index is 11.7. The first-order valence-electron chi connectivity index (χ1n) is 6.12. The molecule has 0 aromatic rings. The molecule has 3 nitrogen and oxygen atoms in total. The Labute approximate surface area is 91.2 Å². The lowest BCUT2D eigenvalue weighted by atomic mass is 9.87. The molecule has 0 spiro atoms. The lowest BCUT2D eigenvalue weighted by molar-refractivity contribution is -0.123. The third-order valence-corrected chi connectivity index (χ3v) is 3.86. The molecular weight excluding hydrogens is 190 g/mol. The van der Waals surface area contributed by atoms with Crippen molar-refractivity contribution in [2.24, 2.45) is 17.8 Å². The first kappa shape index (κ1) is 10.9. The molecule has 86 valence electrons. The SMILES string of the molecule is CC1CCC(NC(=O)C2CC2CO)CC1. The fourth-order valence-electron chi connectivity index (χ4n) is 2.48. The van der Waals surface area contributed by atoms with Gasteiger partial charge in [-0.2, -0.15) is 0 Å². The Kier molecular flexibility index (Phi) is 3.29. The molecule has 0 aromatic carbocycles. The van der Waals surface area contributed by atoms with E-state index >= 15 is 0 Å². The van der Waals surface area contributed by atoms with E-state index in [9.17, 15) is 4.79 Å². The number of hydrogen-bond donors (Lipinski definition) is 2. The molecule has 2 saturated carbocycles. The third-order valence-electron chi connectivity index (χ3n) is 3.86. The Bertz CT molecular complexity index is 234. The van der Waals surface area contributed by atoms with Crippen molar-refractivity contribution in [3.63, 3.8) is 0 Å². The van der Waals surface area contributed by atoms with Crippen molar-refractivity contribution in [2.75, 3.05) is 6.61 Å². The number of hydrogen-bond acceptors (Lipinski definition) is 2. The molecule has 2 aliphatic rings. The second-order valence-corrected chi connectivity index (χ2v) is 5.25. The molecule has 2 rings (SSSR count). The number of rotatable bonds is 3. The average molecular weight is 211 g/mol. The number of aliphatic hydroxyl groups excluding tert-OH is 1. The van der Waals surface area contributed by atoms with Crippen LogP contribution in [0.25, 0.3) is 0 Å². The van der Waals surface area contributed by atoms with Crippen molar-refractivity contribution >= 4 is 5.91 Å². The molecular formula is C12H21NO2. The van der Waals surface area contributed by atoms with Crippen molar-refractivity contribution in [2.45, 2.75) is 45.1 Å². The van der Waals surface area contributed by atoms with Crippen LogP contribution >= 0.6 is 0 Å². The number of carbonyl (C=O) groups is 1. The summed E-state index contributed by atoms with van der Waals surface area (Å²) in [6.07, 6.45) is 5.61. The first-order valence-corrected chi connectivity index (χ1v) is 6.12. The van der Waals surface area contributed by atoms with Gasteiger partial charge in [0.05, 0.1) is 0 Å². The van der Waals surface area contributed by atoms with Crippen molar-refractivity contribution < 1.29 is 9.90 Å². The summed E-state index contributed by atoms with van der Waals surface area (Å²) in [6.45, 7) is 2.44. The molecule has 1 amide bonds. The summed E-state index contributed by atoms with van der Waals surface area (Å²) in [7, 11) is 0. The number of amides is 1. The summed E-state index contributed by atoms with van der Waals surface area (Å²) in [5.41, 5.74) is 0. The van der Waals surface area contributed by atoms with Gasteiger partial charge < -0.3 is 10.4 Å². The number of nitrogens with one attached hydrogen (secondary N) is 1. The molecule has 15 heavy (non-hydrogen) atoms. The molecule has 2 atom stereocenters. The van der Waals surface area contributed by atoms with Gasteiger partial charge in [-0.05, 0) is 43.9 Å². The second kappa shape index (κ2) is 4.52. The summed E-state index contributed by atoms with van der Waals surface area (Å²) in [5.74, 6) is 1.35. The van der Waals surface area contributed by atoms with E-state index in [1.807, 2.05) is 0 Å². The smallest absolute Gasteiger partial charge is 0.223 e. The van der Waals surface area contributed by atoms with E-state index in [1.165, 1.54) is 12.8 Å². The molecule has 2 unspecified atom stereocenters. The van der Waals surface area contributed by atoms with Gasteiger partial charge in [0.15, 0.2) is 0 Å². The lowest BCUT2D eigenvalue weighted by Gasteiger charge is -2.26. The minimum Gasteiger partial charge on any atom is -0.396 e. The Balaban J connectivity index is 1.71. The van der Waals surface area contributed by atoms with Crippen molar-refractivity contribution in [1.82, 2.24) is 5.32 Å². The maximum atomic E-state index is 11.7. The average Bonchev–Trinajstić information content (AvgIpc) is 3.00. The fraction of sp³-hybridized carbons (Fsp3) is 0.917. The van der Waals surface area contributed by atoms with Crippen LogP contribution in [0.4, 0.5) is 0 Å². The van der Waals surface area contributed by atoms with Crippen molar-refractivity contribution in [1.29, 1.82) is 0 Å². The highest BCUT2D eigenvalue weighted by atomic mass is 16.3. The van der Waals surface area contributed by atoms with Crippen LogP contribution in [0, 0.1) is 17.8 Å². The van der Waals surface area contributed by atoms with Crippen molar-refractivity contribution in [3.05, 3.63) is 0 Å². The standard InChI is InChI=1S/C12H21NO2/c1-8-2-4-10(5-3-8)13-12(15)11-6-9(11)7-14/h8-11,14H,2-7H2,1H3,(H,13,15). The summed E-state index contributed by atoms with van der Waals surface area (Å²) < 4.78 is 0. The van der Waals surface area contributed by atoms with Gasteiger partial charge >= 0.3 is 0 Å². The van der Waals surface area contributed by atoms with Crippen molar-refractivity contribution in [3.8, 4) is 0 Å². The molecule has 0 aliphatic heterocycles. The Hall–Kier alpha value is -0.570. The van der Waals surface area contributed by atoms with Gasteiger partial charge in [-0.1, -0.05) is 6.92 Å². The third kappa shape index (κ3) is 2.71. The highest BCUT2D eigenvalue weighted by Crippen LogP contribution is 2.38. The Morgan fingerprint density at radius 2 is 2.00 bits per heavy atom. The molecule has 0 heterocycles. The molecule has 2 aliphatic carbocycles. The van der Waals surface area contributed by atoms with E-state index in [4.69, 9.17) is 5.11 Å². The normalized spacial score (nSPS) is 39.9. The van der Waals surface area contributed by atoms with Crippen LogP contribution in [0.3, 0.4) is 0 Å². The van der Waals surface area contributed by atoms with Gasteiger partial charge in [-0.25, -0.2) is 0 Å². The van der Waals surface area contributed by atoms with Gasteiger partial charge in [-0.3, -0.25) is 4.79 Å². The highest BCUT2D eigenvalue weighted by molar-refractivity contribution is 5.81. The molecule has 0 saturated heterocycles. The quantitative estimate of drug-likeness (QED) is 0.739. The monoisotopic (exact) mass is 211 g/mol. The zero-order chi connectivity index (χ0) is 10.8. The molecule has 2 N–H and O–H groups in total. The topological polar surface area (TPSA) is 49.3 Å².